The molecule has 0 unspecified atom stereocenters. The molecule has 5 rings (SSSR count). The molecule has 0 amide bonds. The van der Waals surface area contributed by atoms with E-state index in [2.05, 4.69) is 24.9 Å². The van der Waals surface area contributed by atoms with Gasteiger partial charge in [-0.05, 0) is 41.3 Å². The number of hydrogen-bond acceptors (Lipinski definition) is 8. The summed E-state index contributed by atoms with van der Waals surface area (Å²) in [4.78, 5) is 19.3. The van der Waals surface area contributed by atoms with Crippen LogP contribution >= 0.6 is 0 Å². The van der Waals surface area contributed by atoms with Gasteiger partial charge in [-0.3, -0.25) is 4.72 Å². The molecule has 1 aliphatic heterocycles. The third-order valence-corrected chi connectivity index (χ3v) is 7.61. The second kappa shape index (κ2) is 12.7. The first-order chi connectivity index (χ1) is 20.3. The molecule has 10 nitrogen and oxygen atoms in total. The van der Waals surface area contributed by atoms with E-state index in [1.807, 2.05) is 24.3 Å². The summed E-state index contributed by atoms with van der Waals surface area (Å²) in [6.07, 6.45) is -1.73. The normalized spacial score (nSPS) is 13.7. The molecule has 16 heteroatoms. The maximum atomic E-state index is 14.2. The standard InChI is InChI=1S/C25H23F2N5O3S.C2HF3O2/c1-35-25-22(31-36(33,34)23-5-4-19(26)14-21(23)27)13-18(15-30-25)17-3-2-16-6-7-29-24(20(16)12-17)32-10-8-28-9-11-32;3-2(4,5)1(6)7/h2-7,12-15,28,31H,8-11H2,1H3;(H,6,7). The van der Waals surface area contributed by atoms with Gasteiger partial charge in [-0.2, -0.15) is 13.2 Å². The molecule has 2 aromatic carbocycles. The molecule has 3 heterocycles. The van der Waals surface area contributed by atoms with E-state index in [4.69, 9.17) is 14.6 Å². The Kier molecular flexibility index (Phi) is 9.30. The third-order valence-electron chi connectivity index (χ3n) is 6.21. The van der Waals surface area contributed by atoms with Gasteiger partial charge in [0.05, 0.1) is 7.11 Å². The predicted molar refractivity (Wildman–Crippen MR) is 147 cm³/mol. The lowest BCUT2D eigenvalue weighted by Crippen LogP contribution is -2.43. The van der Waals surface area contributed by atoms with Crippen LogP contribution in [0.2, 0.25) is 0 Å². The lowest BCUT2D eigenvalue weighted by atomic mass is 10.0. The van der Waals surface area contributed by atoms with Crippen molar-refractivity contribution in [1.29, 1.82) is 0 Å². The summed E-state index contributed by atoms with van der Waals surface area (Å²) >= 11 is 0. The molecule has 1 aliphatic rings. The number of anilines is 2. The van der Waals surface area contributed by atoms with Crippen molar-refractivity contribution < 1.29 is 45.0 Å². The van der Waals surface area contributed by atoms with Crippen LogP contribution in [0.25, 0.3) is 21.9 Å². The van der Waals surface area contributed by atoms with E-state index in [-0.39, 0.29) is 11.6 Å². The van der Waals surface area contributed by atoms with Crippen molar-refractivity contribution in [2.24, 2.45) is 0 Å². The summed E-state index contributed by atoms with van der Waals surface area (Å²) in [6, 6.07) is 11.6. The van der Waals surface area contributed by atoms with E-state index < -0.39 is 38.7 Å². The zero-order valence-corrected chi connectivity index (χ0v) is 23.1. The van der Waals surface area contributed by atoms with Crippen LogP contribution in [0.5, 0.6) is 5.88 Å². The minimum Gasteiger partial charge on any atom is -0.480 e. The summed E-state index contributed by atoms with van der Waals surface area (Å²) in [5.41, 5.74) is 1.42. The maximum Gasteiger partial charge on any atom is 0.490 e. The Labute approximate surface area is 242 Å². The first-order valence-corrected chi connectivity index (χ1v) is 14.0. The summed E-state index contributed by atoms with van der Waals surface area (Å²) in [5.74, 6) is -3.95. The van der Waals surface area contributed by atoms with E-state index in [1.165, 1.54) is 7.11 Å². The van der Waals surface area contributed by atoms with Gasteiger partial charge in [0, 0.05) is 55.6 Å². The van der Waals surface area contributed by atoms with Crippen molar-refractivity contribution in [2.45, 2.75) is 11.1 Å². The highest BCUT2D eigenvalue weighted by Gasteiger charge is 2.38. The molecule has 0 saturated carbocycles. The SMILES string of the molecule is COc1ncc(-c2ccc3ccnc(N4CCNCC4)c3c2)cc1NS(=O)(=O)c1ccc(F)cc1F.O=C(O)C(F)(F)F. The molecule has 2 aromatic heterocycles. The zero-order chi connectivity index (χ0) is 31.4. The van der Waals surface area contributed by atoms with Gasteiger partial charge >= 0.3 is 12.1 Å². The number of aromatic nitrogens is 2. The Morgan fingerprint density at radius 3 is 2.35 bits per heavy atom. The van der Waals surface area contributed by atoms with Crippen LogP contribution in [0.15, 0.2) is 65.8 Å². The van der Waals surface area contributed by atoms with Crippen LogP contribution < -0.4 is 19.7 Å². The number of carbonyl (C=O) groups is 1. The molecule has 43 heavy (non-hydrogen) atoms. The molecule has 0 radical (unpaired) electrons. The number of hydrogen-bond donors (Lipinski definition) is 3. The number of aliphatic carboxylic acids is 1. The van der Waals surface area contributed by atoms with Crippen LogP contribution in [-0.4, -0.2) is 68.9 Å². The Balaban J connectivity index is 0.000000541. The molecule has 1 saturated heterocycles. The molecule has 0 aliphatic carbocycles. The molecule has 0 atom stereocenters. The van der Waals surface area contributed by atoms with Crippen LogP contribution in [0.4, 0.5) is 33.5 Å². The van der Waals surface area contributed by atoms with Crippen LogP contribution in [-0.2, 0) is 14.8 Å². The molecule has 3 N–H and O–H groups in total. The Hall–Kier alpha value is -4.57. The Bertz CT molecular complexity index is 1750. The van der Waals surface area contributed by atoms with E-state index in [0.29, 0.717) is 11.6 Å². The van der Waals surface area contributed by atoms with Crippen molar-refractivity contribution in [3.63, 3.8) is 0 Å². The van der Waals surface area contributed by atoms with Crippen molar-refractivity contribution in [2.75, 3.05) is 42.9 Å². The maximum absolute atomic E-state index is 14.2. The fraction of sp³-hybridized carbons (Fsp3) is 0.222. The Morgan fingerprint density at radius 2 is 1.72 bits per heavy atom. The summed E-state index contributed by atoms with van der Waals surface area (Å²) in [6.45, 7) is 3.43. The van der Waals surface area contributed by atoms with Gasteiger partial charge in [0.15, 0.2) is 0 Å². The fourth-order valence-electron chi connectivity index (χ4n) is 4.20. The first kappa shape index (κ1) is 31.4. The zero-order valence-electron chi connectivity index (χ0n) is 22.3. The second-order valence-electron chi connectivity index (χ2n) is 9.07. The highest BCUT2D eigenvalue weighted by molar-refractivity contribution is 7.92. The van der Waals surface area contributed by atoms with E-state index in [9.17, 15) is 30.4 Å². The number of nitrogens with one attached hydrogen (secondary N) is 2. The molecule has 228 valence electrons. The number of nitrogens with zero attached hydrogens (tertiary/aromatic N) is 3. The number of ether oxygens (including phenoxy) is 1. The molecule has 1 fully saturated rings. The van der Waals surface area contributed by atoms with Gasteiger partial charge in [-0.1, -0.05) is 12.1 Å². The number of sulfonamides is 1. The lowest BCUT2D eigenvalue weighted by Gasteiger charge is -2.29. The second-order valence-corrected chi connectivity index (χ2v) is 10.7. The Morgan fingerprint density at radius 1 is 1.02 bits per heavy atom. The number of benzene rings is 2. The van der Waals surface area contributed by atoms with Gasteiger partial charge < -0.3 is 20.1 Å². The number of piperazine rings is 1. The topological polar surface area (TPSA) is 134 Å². The van der Waals surface area contributed by atoms with Gasteiger partial charge in [0.1, 0.15) is 28.0 Å². The fourth-order valence-corrected chi connectivity index (χ4v) is 5.31. The van der Waals surface area contributed by atoms with Crippen molar-refractivity contribution in [3.8, 4) is 17.0 Å². The summed E-state index contributed by atoms with van der Waals surface area (Å²) < 4.78 is 92.5. The van der Waals surface area contributed by atoms with E-state index >= 15 is 0 Å². The number of carboxylic acid groups (broad SMARTS) is 1. The average Bonchev–Trinajstić information content (AvgIpc) is 2.96. The lowest BCUT2D eigenvalue weighted by molar-refractivity contribution is -0.192. The number of fused-ring (bicyclic) bond motifs is 1. The van der Waals surface area contributed by atoms with Crippen molar-refractivity contribution >= 4 is 38.3 Å². The number of carboxylic acids is 1. The third kappa shape index (κ3) is 7.45. The van der Waals surface area contributed by atoms with Gasteiger partial charge in [-0.25, -0.2) is 32.0 Å². The minimum atomic E-state index is -5.08. The minimum absolute atomic E-state index is 0.00815. The molecular formula is C27H24F5N5O5S. The number of pyridine rings is 2. The highest BCUT2D eigenvalue weighted by atomic mass is 32.2. The predicted octanol–water partition coefficient (Wildman–Crippen LogP) is 4.43. The van der Waals surface area contributed by atoms with Crippen molar-refractivity contribution in [3.05, 3.63) is 72.6 Å². The molecule has 4 aromatic rings. The smallest absolute Gasteiger partial charge is 0.480 e. The average molecular weight is 626 g/mol. The number of rotatable bonds is 6. The highest BCUT2D eigenvalue weighted by Crippen LogP contribution is 2.34. The summed E-state index contributed by atoms with van der Waals surface area (Å²) in [7, 11) is -3.04. The quantitative estimate of drug-likeness (QED) is 0.266. The first-order valence-electron chi connectivity index (χ1n) is 12.5. The van der Waals surface area contributed by atoms with Crippen LogP contribution in [0.1, 0.15) is 0 Å². The largest absolute Gasteiger partial charge is 0.490 e. The molecular weight excluding hydrogens is 601 g/mol. The summed E-state index contributed by atoms with van der Waals surface area (Å²) in [5, 5.41) is 12.4. The van der Waals surface area contributed by atoms with E-state index in [1.54, 1.807) is 18.5 Å². The van der Waals surface area contributed by atoms with Gasteiger partial charge in [0.2, 0.25) is 5.88 Å². The monoisotopic (exact) mass is 625 g/mol. The van der Waals surface area contributed by atoms with Crippen LogP contribution in [0, 0.1) is 11.6 Å². The number of alkyl halides is 3. The molecule has 0 bridgehead atoms. The van der Waals surface area contributed by atoms with Gasteiger partial charge in [0.25, 0.3) is 10.0 Å². The number of methoxy groups -OCH3 is 1. The van der Waals surface area contributed by atoms with Crippen LogP contribution in [0.3, 0.4) is 0 Å². The number of halogens is 5. The van der Waals surface area contributed by atoms with E-state index in [0.717, 1.165) is 60.5 Å². The molecule has 0 spiro atoms. The van der Waals surface area contributed by atoms with Crippen molar-refractivity contribution in [1.82, 2.24) is 15.3 Å². The van der Waals surface area contributed by atoms with Gasteiger partial charge in [-0.15, -0.1) is 0 Å².